The molecule has 1 aliphatic carbocycles. The van der Waals surface area contributed by atoms with E-state index in [1.165, 1.54) is 0 Å². The molecule has 3 heterocycles. The second-order valence-corrected chi connectivity index (χ2v) is 8.80. The van der Waals surface area contributed by atoms with Gasteiger partial charge < -0.3 is 10.3 Å². The summed E-state index contributed by atoms with van der Waals surface area (Å²) in [4.78, 5) is 25.6. The lowest BCUT2D eigenvalue weighted by Gasteiger charge is -2.28. The molecular weight excluding hydrogens is 384 g/mol. The summed E-state index contributed by atoms with van der Waals surface area (Å²) in [5.74, 6) is 0.862. The number of hydrogen-bond donors (Lipinski definition) is 2. The van der Waals surface area contributed by atoms with Crippen LogP contribution in [-0.2, 0) is 6.42 Å². The van der Waals surface area contributed by atoms with Gasteiger partial charge in [-0.05, 0) is 36.1 Å². The van der Waals surface area contributed by atoms with Crippen LogP contribution in [0.4, 0.5) is 11.5 Å². The van der Waals surface area contributed by atoms with Crippen LogP contribution in [0.15, 0.2) is 73.1 Å². The molecule has 0 unspecified atom stereocenters. The molecule has 5 rings (SSSR count). The lowest BCUT2D eigenvalue weighted by atomic mass is 9.76. The maximum absolute atomic E-state index is 13.2. The Kier molecular flexibility index (Phi) is 4.66. The van der Waals surface area contributed by atoms with Gasteiger partial charge in [0.05, 0.1) is 22.6 Å². The van der Waals surface area contributed by atoms with Gasteiger partial charge in [0, 0.05) is 35.6 Å². The lowest BCUT2D eigenvalue weighted by Crippen LogP contribution is -2.26. The number of nitrogens with one attached hydrogen (secondary N) is 2. The van der Waals surface area contributed by atoms with Gasteiger partial charge in [-0.2, -0.15) is 0 Å². The lowest BCUT2D eigenvalue weighted by molar-refractivity contribution is 0.0912. The zero-order valence-corrected chi connectivity index (χ0v) is 17.6. The maximum Gasteiger partial charge on any atom is 0.167 e. The Hall–Kier alpha value is -3.73. The number of aromatic nitrogens is 3. The molecule has 5 nitrogen and oxygen atoms in total. The third-order valence-corrected chi connectivity index (χ3v) is 5.69. The fraction of sp³-hybridized carbons (Fsp3) is 0.192. The third kappa shape index (κ3) is 3.75. The molecule has 31 heavy (non-hydrogen) atoms. The van der Waals surface area contributed by atoms with Crippen LogP contribution in [0.5, 0.6) is 0 Å². The highest BCUT2D eigenvalue weighted by Gasteiger charge is 2.35. The van der Waals surface area contributed by atoms with Crippen molar-refractivity contribution < 1.29 is 4.79 Å². The molecule has 0 aliphatic heterocycles. The van der Waals surface area contributed by atoms with E-state index in [9.17, 15) is 4.79 Å². The third-order valence-electron chi connectivity index (χ3n) is 5.69. The zero-order valence-electron chi connectivity index (χ0n) is 17.6. The van der Waals surface area contributed by atoms with Crippen molar-refractivity contribution in [3.63, 3.8) is 0 Å². The van der Waals surface area contributed by atoms with E-state index in [1.807, 2.05) is 60.7 Å². The Bertz CT molecular complexity index is 1240. The van der Waals surface area contributed by atoms with Crippen LogP contribution in [-0.4, -0.2) is 20.7 Å². The standard InChI is InChI=1S/C26H24N4O/c1-26(2)15-20-23(21(31)16-26)25(24(29-20)18-11-13-27-14-12-18)30-22-10-6-9-19(28-22)17-7-4-3-5-8-17/h3-14,29H,15-16H2,1-2H3,(H,28,30). The van der Waals surface area contributed by atoms with Crippen LogP contribution in [0.3, 0.4) is 0 Å². The van der Waals surface area contributed by atoms with Crippen molar-refractivity contribution in [1.82, 2.24) is 15.0 Å². The van der Waals surface area contributed by atoms with Crippen molar-refractivity contribution in [2.24, 2.45) is 5.41 Å². The topological polar surface area (TPSA) is 70.7 Å². The van der Waals surface area contributed by atoms with Crippen LogP contribution >= 0.6 is 0 Å². The largest absolute Gasteiger partial charge is 0.356 e. The van der Waals surface area contributed by atoms with E-state index in [2.05, 4.69) is 29.1 Å². The Morgan fingerprint density at radius 3 is 2.45 bits per heavy atom. The monoisotopic (exact) mass is 408 g/mol. The van der Waals surface area contributed by atoms with Gasteiger partial charge in [-0.3, -0.25) is 9.78 Å². The Morgan fingerprint density at radius 1 is 0.903 bits per heavy atom. The summed E-state index contributed by atoms with van der Waals surface area (Å²) in [6, 6.07) is 19.9. The van der Waals surface area contributed by atoms with Crippen LogP contribution in [0.2, 0.25) is 0 Å². The zero-order chi connectivity index (χ0) is 21.4. The quantitative estimate of drug-likeness (QED) is 0.432. The van der Waals surface area contributed by atoms with Crippen molar-refractivity contribution >= 4 is 17.3 Å². The normalized spacial score (nSPS) is 14.8. The molecule has 154 valence electrons. The number of Topliss-reactive ketones (excluding diaryl/α,β-unsaturated/α-hetero) is 1. The van der Waals surface area contributed by atoms with Crippen molar-refractivity contribution in [3.8, 4) is 22.5 Å². The van der Waals surface area contributed by atoms with Gasteiger partial charge in [0.1, 0.15) is 5.82 Å². The Labute approximate surface area is 181 Å². The van der Waals surface area contributed by atoms with Gasteiger partial charge >= 0.3 is 0 Å². The predicted octanol–water partition coefficient (Wildman–Crippen LogP) is 6.04. The maximum atomic E-state index is 13.2. The van der Waals surface area contributed by atoms with Crippen molar-refractivity contribution in [2.75, 3.05) is 5.32 Å². The van der Waals surface area contributed by atoms with Crippen molar-refractivity contribution in [1.29, 1.82) is 0 Å². The first-order chi connectivity index (χ1) is 15.0. The molecular formula is C26H24N4O. The smallest absolute Gasteiger partial charge is 0.167 e. The van der Waals surface area contributed by atoms with Gasteiger partial charge in [0.2, 0.25) is 0 Å². The number of fused-ring (bicyclic) bond motifs is 1. The van der Waals surface area contributed by atoms with Crippen molar-refractivity contribution in [3.05, 3.63) is 84.3 Å². The first kappa shape index (κ1) is 19.2. The number of nitrogens with zero attached hydrogens (tertiary/aromatic N) is 2. The summed E-state index contributed by atoms with van der Waals surface area (Å²) >= 11 is 0. The number of carbonyl (C=O) groups is 1. The van der Waals surface area contributed by atoms with Gasteiger partial charge in [0.25, 0.3) is 0 Å². The number of H-pyrrole nitrogens is 1. The van der Waals surface area contributed by atoms with E-state index in [1.54, 1.807) is 12.4 Å². The highest BCUT2D eigenvalue weighted by atomic mass is 16.1. The van der Waals surface area contributed by atoms with E-state index in [-0.39, 0.29) is 11.2 Å². The molecule has 0 spiro atoms. The van der Waals surface area contributed by atoms with Crippen LogP contribution < -0.4 is 5.32 Å². The minimum atomic E-state index is -0.0623. The number of aromatic amines is 1. The highest BCUT2D eigenvalue weighted by Crippen LogP contribution is 2.43. The summed E-state index contributed by atoms with van der Waals surface area (Å²) < 4.78 is 0. The molecule has 2 N–H and O–H groups in total. The van der Waals surface area contributed by atoms with Gasteiger partial charge in [-0.1, -0.05) is 50.2 Å². The summed E-state index contributed by atoms with van der Waals surface area (Å²) in [6.45, 7) is 4.28. The average molecular weight is 409 g/mol. The number of hydrogen-bond acceptors (Lipinski definition) is 4. The highest BCUT2D eigenvalue weighted by molar-refractivity contribution is 6.07. The first-order valence-electron chi connectivity index (χ1n) is 10.5. The summed E-state index contributed by atoms with van der Waals surface area (Å²) in [5, 5.41) is 3.46. The minimum Gasteiger partial charge on any atom is -0.356 e. The van der Waals surface area contributed by atoms with Crippen LogP contribution in [0.1, 0.15) is 36.3 Å². The number of benzene rings is 1. The van der Waals surface area contributed by atoms with E-state index in [0.717, 1.165) is 45.9 Å². The molecule has 0 radical (unpaired) electrons. The molecule has 1 aliphatic rings. The van der Waals surface area contributed by atoms with Crippen molar-refractivity contribution in [2.45, 2.75) is 26.7 Å². The fourth-order valence-electron chi connectivity index (χ4n) is 4.32. The molecule has 1 aromatic carbocycles. The molecule has 4 aromatic rings. The Morgan fingerprint density at radius 2 is 1.68 bits per heavy atom. The molecule has 5 heteroatoms. The van der Waals surface area contributed by atoms with Gasteiger partial charge in [0.15, 0.2) is 5.78 Å². The molecule has 0 saturated heterocycles. The molecule has 0 amide bonds. The second kappa shape index (κ2) is 7.51. The molecule has 0 atom stereocenters. The number of rotatable bonds is 4. The van der Waals surface area contributed by atoms with Gasteiger partial charge in [-0.15, -0.1) is 0 Å². The molecule has 0 fully saturated rings. The minimum absolute atomic E-state index is 0.0623. The fourth-order valence-corrected chi connectivity index (χ4v) is 4.32. The Balaban J connectivity index is 1.61. The first-order valence-corrected chi connectivity index (χ1v) is 10.5. The van der Waals surface area contributed by atoms with Gasteiger partial charge in [-0.25, -0.2) is 4.98 Å². The summed E-state index contributed by atoms with van der Waals surface area (Å²) in [7, 11) is 0. The van der Waals surface area contributed by atoms with Crippen LogP contribution in [0, 0.1) is 5.41 Å². The van der Waals surface area contributed by atoms with Crippen LogP contribution in [0.25, 0.3) is 22.5 Å². The summed E-state index contributed by atoms with van der Waals surface area (Å²) in [5.41, 5.74) is 6.27. The number of pyridine rings is 2. The molecule has 3 aromatic heterocycles. The molecule has 0 bridgehead atoms. The number of anilines is 2. The summed E-state index contributed by atoms with van der Waals surface area (Å²) in [6.07, 6.45) is 4.88. The number of ketones is 1. The van der Waals surface area contributed by atoms with E-state index in [4.69, 9.17) is 4.98 Å². The second-order valence-electron chi connectivity index (χ2n) is 8.80. The van der Waals surface area contributed by atoms with E-state index >= 15 is 0 Å². The van der Waals surface area contributed by atoms with E-state index < -0.39 is 0 Å². The number of carbonyl (C=O) groups excluding carboxylic acids is 1. The SMILES string of the molecule is CC1(C)CC(=O)c2c([nH]c(-c3ccncc3)c2Nc2cccc(-c3ccccc3)n2)C1. The van der Waals surface area contributed by atoms with E-state index in [0.29, 0.717) is 12.2 Å². The average Bonchev–Trinajstić information content (AvgIpc) is 3.12. The molecule has 0 saturated carbocycles. The predicted molar refractivity (Wildman–Crippen MR) is 123 cm³/mol.